The molecule has 3 aromatic carbocycles. The van der Waals surface area contributed by atoms with Crippen LogP contribution in [0.5, 0.6) is 0 Å². The highest BCUT2D eigenvalue weighted by molar-refractivity contribution is 6.01. The lowest BCUT2D eigenvalue weighted by molar-refractivity contribution is -0.163. The van der Waals surface area contributed by atoms with Crippen LogP contribution in [0.2, 0.25) is 0 Å². The fourth-order valence-electron chi connectivity index (χ4n) is 5.67. The van der Waals surface area contributed by atoms with E-state index >= 15 is 0 Å². The van der Waals surface area contributed by atoms with E-state index in [1.54, 1.807) is 23.1 Å². The number of carbonyl (C=O) groups excluding carboxylic acids is 2. The van der Waals surface area contributed by atoms with Crippen LogP contribution >= 0.6 is 0 Å². The summed E-state index contributed by atoms with van der Waals surface area (Å²) in [7, 11) is 0. The maximum absolute atomic E-state index is 14.1. The molecule has 0 radical (unpaired) electrons. The Balaban J connectivity index is 1.58. The van der Waals surface area contributed by atoms with Gasteiger partial charge in [-0.15, -0.1) is 0 Å². The molecular formula is C27H22FN3O2. The van der Waals surface area contributed by atoms with Gasteiger partial charge in [0.2, 0.25) is 5.91 Å². The fraction of sp³-hybridized carbons (Fsp3) is 0.185. The van der Waals surface area contributed by atoms with E-state index in [4.69, 9.17) is 0 Å². The van der Waals surface area contributed by atoms with Gasteiger partial charge < -0.3 is 15.1 Å². The number of hydrogen-bond acceptors (Lipinski definition) is 3. The van der Waals surface area contributed by atoms with E-state index in [2.05, 4.69) is 5.32 Å². The summed E-state index contributed by atoms with van der Waals surface area (Å²) in [4.78, 5) is 31.0. The van der Waals surface area contributed by atoms with Crippen LogP contribution in [-0.4, -0.2) is 27.8 Å². The number of anilines is 1. The molecule has 3 atom stereocenters. The molecule has 1 N–H and O–H groups in total. The zero-order valence-electron chi connectivity index (χ0n) is 18.0. The first-order valence-electron chi connectivity index (χ1n) is 11.0. The van der Waals surface area contributed by atoms with Crippen molar-refractivity contribution in [3.8, 4) is 0 Å². The van der Waals surface area contributed by atoms with Crippen LogP contribution in [0.3, 0.4) is 0 Å². The maximum Gasteiger partial charge on any atom is 0.252 e. The molecule has 3 aromatic rings. The molecule has 3 aliphatic rings. The van der Waals surface area contributed by atoms with Crippen LogP contribution in [0, 0.1) is 5.82 Å². The molecule has 0 saturated carbocycles. The van der Waals surface area contributed by atoms with Gasteiger partial charge in [-0.2, -0.15) is 0 Å². The number of benzene rings is 3. The van der Waals surface area contributed by atoms with Crippen LogP contribution in [0.4, 0.5) is 10.1 Å². The standard InChI is InChI=1S/C27H22FN3O2/c1-17-15-23(32)31-24(19-11-13-20(28)14-12-19)25(33)30(16-18-7-3-2-4-8-18)26-27(17,31)21-9-5-6-10-22(21)29-26/h2-15,24,26,29H,16H2,1H3. The first-order chi connectivity index (χ1) is 16.0. The number of amides is 2. The topological polar surface area (TPSA) is 52.7 Å². The highest BCUT2D eigenvalue weighted by Gasteiger charge is 2.65. The Morgan fingerprint density at radius 3 is 2.39 bits per heavy atom. The van der Waals surface area contributed by atoms with E-state index in [1.165, 1.54) is 12.1 Å². The molecule has 33 heavy (non-hydrogen) atoms. The number of piperazine rings is 1. The van der Waals surface area contributed by atoms with Crippen LogP contribution in [-0.2, 0) is 21.7 Å². The first kappa shape index (κ1) is 19.7. The smallest absolute Gasteiger partial charge is 0.252 e. The van der Waals surface area contributed by atoms with Gasteiger partial charge in [-0.3, -0.25) is 9.59 Å². The molecule has 2 amide bonds. The molecule has 1 fully saturated rings. The van der Waals surface area contributed by atoms with Crippen LogP contribution in [0.25, 0.3) is 0 Å². The van der Waals surface area contributed by atoms with Crippen molar-refractivity contribution in [3.63, 3.8) is 0 Å². The molecule has 1 spiro atoms. The summed E-state index contributed by atoms with van der Waals surface area (Å²) in [6.07, 6.45) is 1.18. The number of carbonyl (C=O) groups is 2. The lowest BCUT2D eigenvalue weighted by Gasteiger charge is -2.54. The van der Waals surface area contributed by atoms with Crippen molar-refractivity contribution in [3.05, 3.63) is 113 Å². The van der Waals surface area contributed by atoms with Gasteiger partial charge in [-0.05, 0) is 41.8 Å². The van der Waals surface area contributed by atoms with Gasteiger partial charge in [0.1, 0.15) is 23.6 Å². The summed E-state index contributed by atoms with van der Waals surface area (Å²) in [5.74, 6) is -0.786. The molecular weight excluding hydrogens is 417 g/mol. The Morgan fingerprint density at radius 2 is 1.64 bits per heavy atom. The summed E-state index contributed by atoms with van der Waals surface area (Å²) in [5, 5.41) is 3.54. The number of nitrogens with one attached hydrogen (secondary N) is 1. The molecule has 1 saturated heterocycles. The molecule has 3 aliphatic heterocycles. The first-order valence-corrected chi connectivity index (χ1v) is 11.0. The normalized spacial score (nSPS) is 25.3. The number of hydrogen-bond donors (Lipinski definition) is 1. The van der Waals surface area contributed by atoms with Gasteiger partial charge in [0.15, 0.2) is 0 Å². The third kappa shape index (κ3) is 2.64. The zero-order chi connectivity index (χ0) is 22.7. The zero-order valence-corrected chi connectivity index (χ0v) is 18.0. The third-order valence-electron chi connectivity index (χ3n) is 7.05. The van der Waals surface area contributed by atoms with Crippen molar-refractivity contribution in [2.45, 2.75) is 31.2 Å². The summed E-state index contributed by atoms with van der Waals surface area (Å²) in [6, 6.07) is 22.7. The Labute approximate surface area is 191 Å². The van der Waals surface area contributed by atoms with Crippen LogP contribution in [0.15, 0.2) is 90.5 Å². The summed E-state index contributed by atoms with van der Waals surface area (Å²) < 4.78 is 13.7. The number of halogens is 1. The SMILES string of the molecule is CC1=CC(=O)N2C(c3ccc(F)cc3)C(=O)N(Cc3ccccc3)C3Nc4ccccc4C132. The van der Waals surface area contributed by atoms with Crippen molar-refractivity contribution in [1.82, 2.24) is 9.80 Å². The number of nitrogens with zero attached hydrogens (tertiary/aromatic N) is 2. The van der Waals surface area contributed by atoms with Gasteiger partial charge in [0, 0.05) is 23.9 Å². The average Bonchev–Trinajstić information content (AvgIpc) is 3.30. The minimum absolute atomic E-state index is 0.192. The van der Waals surface area contributed by atoms with E-state index in [-0.39, 0.29) is 17.6 Å². The molecule has 0 aliphatic carbocycles. The Kier molecular flexibility index (Phi) is 4.21. The van der Waals surface area contributed by atoms with Gasteiger partial charge in [-0.25, -0.2) is 4.39 Å². The van der Waals surface area contributed by atoms with Gasteiger partial charge in [0.05, 0.1) is 0 Å². The van der Waals surface area contributed by atoms with Crippen LogP contribution in [0.1, 0.15) is 29.7 Å². The van der Waals surface area contributed by atoms with E-state index in [0.717, 1.165) is 22.4 Å². The number of fused-ring (bicyclic) bond motifs is 1. The molecule has 164 valence electrons. The second-order valence-electron chi connectivity index (χ2n) is 8.80. The second kappa shape index (κ2) is 7.04. The maximum atomic E-state index is 14.1. The fourth-order valence-corrected chi connectivity index (χ4v) is 5.67. The average molecular weight is 439 g/mol. The Bertz CT molecular complexity index is 1300. The van der Waals surface area contributed by atoms with Gasteiger partial charge in [0.25, 0.3) is 5.91 Å². The van der Waals surface area contributed by atoms with E-state index in [9.17, 15) is 14.0 Å². The molecule has 6 heteroatoms. The molecule has 0 aromatic heterocycles. The Hall–Kier alpha value is -3.93. The quantitative estimate of drug-likeness (QED) is 0.660. The predicted octanol–water partition coefficient (Wildman–Crippen LogP) is 4.34. The Morgan fingerprint density at radius 1 is 0.939 bits per heavy atom. The predicted molar refractivity (Wildman–Crippen MR) is 122 cm³/mol. The lowest BCUT2D eigenvalue weighted by atomic mass is 9.78. The van der Waals surface area contributed by atoms with Crippen molar-refractivity contribution in [2.75, 3.05) is 5.32 Å². The largest absolute Gasteiger partial charge is 0.362 e. The molecule has 3 heterocycles. The van der Waals surface area contributed by atoms with E-state index in [1.807, 2.05) is 66.4 Å². The molecule has 3 unspecified atom stereocenters. The van der Waals surface area contributed by atoms with Crippen molar-refractivity contribution < 1.29 is 14.0 Å². The van der Waals surface area contributed by atoms with Gasteiger partial charge >= 0.3 is 0 Å². The summed E-state index contributed by atoms with van der Waals surface area (Å²) in [6.45, 7) is 2.34. The number of para-hydroxylation sites is 1. The van der Waals surface area contributed by atoms with Crippen molar-refractivity contribution in [1.29, 1.82) is 0 Å². The lowest BCUT2D eigenvalue weighted by Crippen LogP contribution is -2.68. The molecule has 5 nitrogen and oxygen atoms in total. The van der Waals surface area contributed by atoms with E-state index in [0.29, 0.717) is 12.1 Å². The summed E-state index contributed by atoms with van der Waals surface area (Å²) in [5.41, 5.74) is 3.50. The second-order valence-corrected chi connectivity index (χ2v) is 8.80. The molecule has 6 rings (SSSR count). The van der Waals surface area contributed by atoms with Crippen molar-refractivity contribution >= 4 is 17.5 Å². The number of rotatable bonds is 3. The van der Waals surface area contributed by atoms with E-state index < -0.39 is 17.7 Å². The minimum atomic E-state index is -0.861. The summed E-state index contributed by atoms with van der Waals surface area (Å²) >= 11 is 0. The third-order valence-corrected chi connectivity index (χ3v) is 7.05. The molecule has 0 bridgehead atoms. The van der Waals surface area contributed by atoms with Crippen molar-refractivity contribution in [2.24, 2.45) is 0 Å². The minimum Gasteiger partial charge on any atom is -0.362 e. The highest BCUT2D eigenvalue weighted by atomic mass is 19.1. The monoisotopic (exact) mass is 439 g/mol. The van der Waals surface area contributed by atoms with Gasteiger partial charge in [-0.1, -0.05) is 60.7 Å². The van der Waals surface area contributed by atoms with Crippen LogP contribution < -0.4 is 5.32 Å². The highest BCUT2D eigenvalue weighted by Crippen LogP contribution is 2.57.